The summed E-state index contributed by atoms with van der Waals surface area (Å²) in [6, 6.07) is 1.78. The normalized spacial score (nSPS) is 25.1. The summed E-state index contributed by atoms with van der Waals surface area (Å²) in [6.45, 7) is 0. The van der Waals surface area contributed by atoms with Crippen LogP contribution in [0.25, 0.3) is 0 Å². The van der Waals surface area contributed by atoms with Gasteiger partial charge in [0, 0.05) is 12.0 Å². The van der Waals surface area contributed by atoms with E-state index < -0.39 is 15.9 Å². The molecule has 0 heterocycles. The summed E-state index contributed by atoms with van der Waals surface area (Å²) in [5.41, 5.74) is -1.24. The summed E-state index contributed by atoms with van der Waals surface area (Å²) in [4.78, 5) is 21.9. The number of hydrogen-bond donors (Lipinski definition) is 0. The molecule has 0 aromatic heterocycles. The molecule has 5 heteroatoms. The summed E-state index contributed by atoms with van der Waals surface area (Å²) in [5.74, 6) is 0. The highest BCUT2D eigenvalue weighted by Gasteiger charge is 2.38. The Bertz CT molecular complexity index is 392. The minimum atomic E-state index is -1.45. The number of nitriles is 1. The molecule has 0 radical (unpaired) electrons. The van der Waals surface area contributed by atoms with E-state index in [9.17, 15) is 9.59 Å². The standard InChI is InChI=1S/C9H5Cl2NO2/c10-7(13)6-2-1-3-9(4-6,5-12)8(11)14/h1-3H,4H2. The molecular weight excluding hydrogens is 225 g/mol. The SMILES string of the molecule is N#CC1(C(=O)Cl)C=CC=C(C(=O)Cl)C1. The van der Waals surface area contributed by atoms with E-state index in [2.05, 4.69) is 0 Å². The minimum Gasteiger partial charge on any atom is -0.279 e. The smallest absolute Gasteiger partial charge is 0.248 e. The van der Waals surface area contributed by atoms with Gasteiger partial charge in [-0.25, -0.2) is 0 Å². The van der Waals surface area contributed by atoms with Gasteiger partial charge >= 0.3 is 0 Å². The Morgan fingerprint density at radius 2 is 2.14 bits per heavy atom. The van der Waals surface area contributed by atoms with Crippen LogP contribution < -0.4 is 0 Å². The zero-order valence-corrected chi connectivity index (χ0v) is 8.47. The van der Waals surface area contributed by atoms with E-state index in [-0.39, 0.29) is 12.0 Å². The maximum absolute atomic E-state index is 11.0. The molecule has 1 unspecified atom stereocenters. The first kappa shape index (κ1) is 11.0. The van der Waals surface area contributed by atoms with Crippen molar-refractivity contribution in [1.29, 1.82) is 5.26 Å². The topological polar surface area (TPSA) is 57.9 Å². The van der Waals surface area contributed by atoms with Crippen LogP contribution in [0, 0.1) is 16.7 Å². The molecule has 0 fully saturated rings. The van der Waals surface area contributed by atoms with Crippen LogP contribution in [0.5, 0.6) is 0 Å². The number of hydrogen-bond acceptors (Lipinski definition) is 3. The van der Waals surface area contributed by atoms with E-state index in [4.69, 9.17) is 28.5 Å². The summed E-state index contributed by atoms with van der Waals surface area (Å²) in [7, 11) is 0. The van der Waals surface area contributed by atoms with Crippen LogP contribution >= 0.6 is 23.2 Å². The maximum atomic E-state index is 11.0. The highest BCUT2D eigenvalue weighted by molar-refractivity contribution is 6.68. The van der Waals surface area contributed by atoms with Crippen molar-refractivity contribution >= 4 is 33.7 Å². The predicted molar refractivity (Wildman–Crippen MR) is 51.6 cm³/mol. The first-order valence-electron chi connectivity index (χ1n) is 3.71. The van der Waals surface area contributed by atoms with Gasteiger partial charge in [-0.15, -0.1) is 0 Å². The van der Waals surface area contributed by atoms with E-state index in [1.54, 1.807) is 6.07 Å². The van der Waals surface area contributed by atoms with Crippen molar-refractivity contribution in [2.75, 3.05) is 0 Å². The number of nitrogens with zero attached hydrogens (tertiary/aromatic N) is 1. The van der Waals surface area contributed by atoms with Crippen molar-refractivity contribution in [3.05, 3.63) is 23.8 Å². The molecule has 0 aromatic rings. The number of carbonyl (C=O) groups excluding carboxylic acids is 2. The zero-order chi connectivity index (χ0) is 10.8. The molecule has 0 amide bonds. The van der Waals surface area contributed by atoms with Gasteiger partial charge in [-0.05, 0) is 23.2 Å². The van der Waals surface area contributed by atoms with E-state index >= 15 is 0 Å². The Morgan fingerprint density at radius 1 is 1.50 bits per heavy atom. The monoisotopic (exact) mass is 229 g/mol. The first-order chi connectivity index (χ1) is 6.52. The lowest BCUT2D eigenvalue weighted by atomic mass is 9.81. The van der Waals surface area contributed by atoms with Gasteiger partial charge in [0.1, 0.15) is 0 Å². The first-order valence-corrected chi connectivity index (χ1v) is 4.47. The molecule has 0 N–H and O–H groups in total. The molecule has 72 valence electrons. The van der Waals surface area contributed by atoms with Gasteiger partial charge in [0.15, 0.2) is 5.41 Å². The molecule has 0 aliphatic heterocycles. The second-order valence-electron chi connectivity index (χ2n) is 2.86. The number of rotatable bonds is 2. The molecule has 0 spiro atoms. The van der Waals surface area contributed by atoms with Gasteiger partial charge < -0.3 is 0 Å². The van der Waals surface area contributed by atoms with Crippen LogP contribution in [0.15, 0.2) is 23.8 Å². The van der Waals surface area contributed by atoms with E-state index in [0.717, 1.165) is 0 Å². The minimum absolute atomic E-state index is 0.0648. The molecule has 1 aliphatic carbocycles. The maximum Gasteiger partial charge on any atom is 0.248 e. The Hall–Kier alpha value is -1.11. The molecule has 0 saturated carbocycles. The molecule has 3 nitrogen and oxygen atoms in total. The van der Waals surface area contributed by atoms with E-state index in [1.165, 1.54) is 18.2 Å². The molecule has 0 aromatic carbocycles. The highest BCUT2D eigenvalue weighted by Crippen LogP contribution is 2.34. The largest absolute Gasteiger partial charge is 0.279 e. The van der Waals surface area contributed by atoms with Gasteiger partial charge in [-0.2, -0.15) is 5.26 Å². The van der Waals surface area contributed by atoms with Gasteiger partial charge in [-0.1, -0.05) is 18.2 Å². The molecule has 14 heavy (non-hydrogen) atoms. The second kappa shape index (κ2) is 3.95. The average molecular weight is 230 g/mol. The Labute approximate surface area is 90.6 Å². The van der Waals surface area contributed by atoms with Crippen molar-refractivity contribution in [3.8, 4) is 6.07 Å². The lowest BCUT2D eigenvalue weighted by molar-refractivity contribution is -0.116. The fourth-order valence-electron chi connectivity index (χ4n) is 1.14. The quantitative estimate of drug-likeness (QED) is 0.680. The third-order valence-corrected chi connectivity index (χ3v) is 2.53. The lowest BCUT2D eigenvalue weighted by Crippen LogP contribution is -2.26. The second-order valence-corrected chi connectivity index (χ2v) is 3.54. The summed E-state index contributed by atoms with van der Waals surface area (Å²) in [5, 5.41) is 7.34. The Kier molecular flexibility index (Phi) is 3.10. The third kappa shape index (κ3) is 1.87. The third-order valence-electron chi connectivity index (χ3n) is 1.95. The summed E-state index contributed by atoms with van der Waals surface area (Å²) >= 11 is 10.5. The van der Waals surface area contributed by atoms with Crippen LogP contribution in [-0.4, -0.2) is 10.5 Å². The van der Waals surface area contributed by atoms with E-state index in [1.807, 2.05) is 0 Å². The van der Waals surface area contributed by atoms with Crippen molar-refractivity contribution in [1.82, 2.24) is 0 Å². The summed E-state index contributed by atoms with van der Waals surface area (Å²) < 4.78 is 0. The fourth-order valence-corrected chi connectivity index (χ4v) is 1.44. The van der Waals surface area contributed by atoms with Gasteiger partial charge in [0.25, 0.3) is 0 Å². The molecule has 0 bridgehead atoms. The molecule has 1 aliphatic rings. The zero-order valence-electron chi connectivity index (χ0n) is 6.96. The van der Waals surface area contributed by atoms with Gasteiger partial charge in [-0.3, -0.25) is 9.59 Å². The van der Waals surface area contributed by atoms with E-state index in [0.29, 0.717) is 0 Å². The fraction of sp³-hybridized carbons (Fsp3) is 0.222. The van der Waals surface area contributed by atoms with Crippen molar-refractivity contribution in [3.63, 3.8) is 0 Å². The number of carbonyl (C=O) groups is 2. The van der Waals surface area contributed by atoms with Crippen LogP contribution in [0.3, 0.4) is 0 Å². The number of halogens is 2. The molecule has 1 rings (SSSR count). The predicted octanol–water partition coefficient (Wildman–Crippen LogP) is 1.91. The van der Waals surface area contributed by atoms with Gasteiger partial charge in [0.05, 0.1) is 6.07 Å². The van der Waals surface area contributed by atoms with Crippen LogP contribution in [0.4, 0.5) is 0 Å². The molecule has 1 atom stereocenters. The van der Waals surface area contributed by atoms with Crippen molar-refractivity contribution in [2.24, 2.45) is 5.41 Å². The lowest BCUT2D eigenvalue weighted by Gasteiger charge is -2.20. The van der Waals surface area contributed by atoms with Crippen molar-refractivity contribution < 1.29 is 9.59 Å². The highest BCUT2D eigenvalue weighted by atomic mass is 35.5. The molecule has 0 saturated heterocycles. The number of allylic oxidation sites excluding steroid dienone is 4. The Balaban J connectivity index is 3.06. The average Bonchev–Trinajstić information content (AvgIpc) is 2.17. The summed E-state index contributed by atoms with van der Waals surface area (Å²) in [6.07, 6.45) is 4.20. The van der Waals surface area contributed by atoms with Crippen LogP contribution in [0.1, 0.15) is 6.42 Å². The van der Waals surface area contributed by atoms with Crippen molar-refractivity contribution in [2.45, 2.75) is 6.42 Å². The Morgan fingerprint density at radius 3 is 2.57 bits per heavy atom. The molecular formula is C9H5Cl2NO2. The van der Waals surface area contributed by atoms with Crippen LogP contribution in [-0.2, 0) is 9.59 Å². The van der Waals surface area contributed by atoms with Crippen LogP contribution in [0.2, 0.25) is 0 Å². The van der Waals surface area contributed by atoms with Gasteiger partial charge in [0.2, 0.25) is 10.5 Å².